The van der Waals surface area contributed by atoms with Crippen LogP contribution in [0.1, 0.15) is 44.2 Å². The Morgan fingerprint density at radius 2 is 1.83 bits per heavy atom. The lowest BCUT2D eigenvalue weighted by Gasteiger charge is -2.32. The lowest BCUT2D eigenvalue weighted by atomic mass is 9.93. The number of amides is 1. The van der Waals surface area contributed by atoms with Gasteiger partial charge < -0.3 is 4.90 Å². The summed E-state index contributed by atoms with van der Waals surface area (Å²) in [5.74, 6) is 2.63. The first-order valence-corrected chi connectivity index (χ1v) is 9.68. The van der Waals surface area contributed by atoms with E-state index in [9.17, 15) is 4.79 Å². The Kier molecular flexibility index (Phi) is 4.83. The Labute approximate surface area is 145 Å². The molecule has 4 rings (SSSR count). The SMILES string of the molecule is O=C(CC1CCN(Cc2ccccn2)CC1)N1CC2CCCC2C1. The van der Waals surface area contributed by atoms with Gasteiger partial charge in [0.15, 0.2) is 0 Å². The highest BCUT2D eigenvalue weighted by atomic mass is 16.2. The molecule has 0 radical (unpaired) electrons. The fraction of sp³-hybridized carbons (Fsp3) is 0.700. The number of carbonyl (C=O) groups excluding carboxylic acids is 1. The maximum absolute atomic E-state index is 12.6. The fourth-order valence-corrected chi connectivity index (χ4v) is 4.88. The molecule has 1 amide bonds. The summed E-state index contributed by atoms with van der Waals surface area (Å²) in [6, 6.07) is 6.12. The van der Waals surface area contributed by atoms with Crippen LogP contribution in [0.4, 0.5) is 0 Å². The minimum atomic E-state index is 0.424. The van der Waals surface area contributed by atoms with Crippen LogP contribution >= 0.6 is 0 Å². The maximum atomic E-state index is 12.6. The molecule has 0 spiro atoms. The van der Waals surface area contributed by atoms with Gasteiger partial charge in [0.1, 0.15) is 0 Å². The molecule has 1 aliphatic carbocycles. The highest BCUT2D eigenvalue weighted by molar-refractivity contribution is 5.76. The number of aromatic nitrogens is 1. The smallest absolute Gasteiger partial charge is 0.222 e. The predicted octanol–water partition coefficient (Wildman–Crippen LogP) is 2.94. The van der Waals surface area contributed by atoms with Crippen molar-refractivity contribution in [2.24, 2.45) is 17.8 Å². The molecule has 3 aliphatic rings. The first kappa shape index (κ1) is 16.1. The van der Waals surface area contributed by atoms with Crippen LogP contribution in [-0.4, -0.2) is 46.9 Å². The van der Waals surface area contributed by atoms with E-state index in [1.54, 1.807) is 0 Å². The average Bonchev–Trinajstić information content (AvgIpc) is 3.19. The molecule has 2 unspecified atom stereocenters. The van der Waals surface area contributed by atoms with E-state index in [4.69, 9.17) is 0 Å². The fourth-order valence-electron chi connectivity index (χ4n) is 4.88. The number of carbonyl (C=O) groups is 1. The highest BCUT2D eigenvalue weighted by Crippen LogP contribution is 2.38. The molecule has 0 N–H and O–H groups in total. The standard InChI is InChI=1S/C20H29N3O/c24-20(23-13-17-4-3-5-18(17)14-23)12-16-7-10-22(11-8-16)15-19-6-1-2-9-21-19/h1-2,6,9,16-18H,3-5,7-8,10-15H2. The van der Waals surface area contributed by atoms with E-state index in [1.165, 1.54) is 19.3 Å². The molecule has 2 aliphatic heterocycles. The summed E-state index contributed by atoms with van der Waals surface area (Å²) in [5, 5.41) is 0. The van der Waals surface area contributed by atoms with E-state index in [0.29, 0.717) is 11.8 Å². The van der Waals surface area contributed by atoms with Crippen LogP contribution in [0.15, 0.2) is 24.4 Å². The Morgan fingerprint density at radius 3 is 2.50 bits per heavy atom. The van der Waals surface area contributed by atoms with E-state index in [2.05, 4.69) is 26.9 Å². The number of hydrogen-bond donors (Lipinski definition) is 0. The zero-order chi connectivity index (χ0) is 16.4. The number of hydrogen-bond acceptors (Lipinski definition) is 3. The van der Waals surface area contributed by atoms with E-state index in [0.717, 1.165) is 69.5 Å². The summed E-state index contributed by atoms with van der Waals surface area (Å²) in [7, 11) is 0. The molecule has 1 aromatic heterocycles. The van der Waals surface area contributed by atoms with Crippen LogP contribution in [-0.2, 0) is 11.3 Å². The summed E-state index contributed by atoms with van der Waals surface area (Å²) < 4.78 is 0. The van der Waals surface area contributed by atoms with Gasteiger partial charge in [-0.25, -0.2) is 0 Å². The first-order chi connectivity index (χ1) is 11.8. The molecule has 130 valence electrons. The van der Waals surface area contributed by atoms with Crippen molar-refractivity contribution < 1.29 is 4.79 Å². The van der Waals surface area contributed by atoms with Crippen LogP contribution in [0.3, 0.4) is 0 Å². The minimum absolute atomic E-state index is 0.424. The van der Waals surface area contributed by atoms with Crippen LogP contribution in [0.5, 0.6) is 0 Å². The van der Waals surface area contributed by atoms with Gasteiger partial charge in [0.25, 0.3) is 0 Å². The van der Waals surface area contributed by atoms with Gasteiger partial charge in [0.2, 0.25) is 5.91 Å². The van der Waals surface area contributed by atoms with E-state index >= 15 is 0 Å². The summed E-state index contributed by atoms with van der Waals surface area (Å²) >= 11 is 0. The molecule has 4 heteroatoms. The van der Waals surface area contributed by atoms with Gasteiger partial charge in [-0.3, -0.25) is 14.7 Å². The van der Waals surface area contributed by atoms with Crippen molar-refractivity contribution in [3.63, 3.8) is 0 Å². The molecule has 1 aromatic rings. The highest BCUT2D eigenvalue weighted by Gasteiger charge is 2.38. The number of pyridine rings is 1. The number of likely N-dealkylation sites (tertiary alicyclic amines) is 2. The van der Waals surface area contributed by atoms with Crippen LogP contribution < -0.4 is 0 Å². The third-order valence-corrected chi connectivity index (χ3v) is 6.36. The quantitative estimate of drug-likeness (QED) is 0.853. The van der Waals surface area contributed by atoms with Gasteiger partial charge in [-0.15, -0.1) is 0 Å². The molecule has 24 heavy (non-hydrogen) atoms. The monoisotopic (exact) mass is 327 g/mol. The van der Waals surface area contributed by atoms with E-state index in [1.807, 2.05) is 12.3 Å². The number of rotatable bonds is 4. The third-order valence-electron chi connectivity index (χ3n) is 6.36. The lowest BCUT2D eigenvalue weighted by molar-refractivity contribution is -0.131. The summed E-state index contributed by atoms with van der Waals surface area (Å²) in [6.07, 6.45) is 9.02. The van der Waals surface area contributed by atoms with Crippen LogP contribution in [0.25, 0.3) is 0 Å². The molecule has 4 nitrogen and oxygen atoms in total. The lowest BCUT2D eigenvalue weighted by Crippen LogP contribution is -2.36. The van der Waals surface area contributed by atoms with Crippen molar-refractivity contribution >= 4 is 5.91 Å². The van der Waals surface area contributed by atoms with Gasteiger partial charge >= 0.3 is 0 Å². The van der Waals surface area contributed by atoms with Gasteiger partial charge in [0.05, 0.1) is 5.69 Å². The van der Waals surface area contributed by atoms with Gasteiger partial charge in [-0.2, -0.15) is 0 Å². The molecule has 1 saturated carbocycles. The number of fused-ring (bicyclic) bond motifs is 1. The molecule has 3 fully saturated rings. The molecular weight excluding hydrogens is 298 g/mol. The zero-order valence-corrected chi connectivity index (χ0v) is 14.6. The Balaban J connectivity index is 1.21. The zero-order valence-electron chi connectivity index (χ0n) is 14.6. The second kappa shape index (κ2) is 7.22. The largest absolute Gasteiger partial charge is 0.342 e. The third kappa shape index (κ3) is 3.64. The van der Waals surface area contributed by atoms with Gasteiger partial charge in [-0.1, -0.05) is 12.5 Å². The van der Waals surface area contributed by atoms with Crippen molar-refractivity contribution in [2.75, 3.05) is 26.2 Å². The molecular formula is C20H29N3O. The van der Waals surface area contributed by atoms with E-state index < -0.39 is 0 Å². The van der Waals surface area contributed by atoms with Crippen molar-refractivity contribution in [3.8, 4) is 0 Å². The summed E-state index contributed by atoms with van der Waals surface area (Å²) in [4.78, 5) is 21.7. The molecule has 2 atom stereocenters. The van der Waals surface area contributed by atoms with Crippen molar-refractivity contribution in [3.05, 3.63) is 30.1 Å². The molecule has 3 heterocycles. The van der Waals surface area contributed by atoms with Crippen LogP contribution in [0, 0.1) is 17.8 Å². The maximum Gasteiger partial charge on any atom is 0.222 e. The molecule has 2 saturated heterocycles. The van der Waals surface area contributed by atoms with E-state index in [-0.39, 0.29) is 0 Å². The second-order valence-corrected chi connectivity index (χ2v) is 7.99. The Bertz CT molecular complexity index is 541. The summed E-state index contributed by atoms with van der Waals surface area (Å²) in [6.45, 7) is 5.22. The number of nitrogens with zero attached hydrogens (tertiary/aromatic N) is 3. The summed E-state index contributed by atoms with van der Waals surface area (Å²) in [5.41, 5.74) is 1.15. The normalized spacial score (nSPS) is 28.2. The Morgan fingerprint density at radius 1 is 1.08 bits per heavy atom. The predicted molar refractivity (Wildman–Crippen MR) is 94.3 cm³/mol. The van der Waals surface area contributed by atoms with Crippen molar-refractivity contribution in [2.45, 2.75) is 45.1 Å². The minimum Gasteiger partial charge on any atom is -0.342 e. The topological polar surface area (TPSA) is 36.4 Å². The first-order valence-electron chi connectivity index (χ1n) is 9.68. The number of piperidine rings is 1. The molecule has 0 bridgehead atoms. The van der Waals surface area contributed by atoms with Crippen molar-refractivity contribution in [1.82, 2.24) is 14.8 Å². The second-order valence-electron chi connectivity index (χ2n) is 7.99. The van der Waals surface area contributed by atoms with Crippen LogP contribution in [0.2, 0.25) is 0 Å². The van der Waals surface area contributed by atoms with Crippen molar-refractivity contribution in [1.29, 1.82) is 0 Å². The van der Waals surface area contributed by atoms with Gasteiger partial charge in [0, 0.05) is 32.3 Å². The van der Waals surface area contributed by atoms with Gasteiger partial charge in [-0.05, 0) is 68.7 Å². The Hall–Kier alpha value is -1.42. The molecule has 0 aromatic carbocycles. The average molecular weight is 327 g/mol.